The van der Waals surface area contributed by atoms with Gasteiger partial charge in [-0.2, -0.15) is 5.10 Å². The van der Waals surface area contributed by atoms with Gasteiger partial charge in [0.05, 0.1) is 23.9 Å². The van der Waals surface area contributed by atoms with E-state index in [-0.39, 0.29) is 0 Å². The van der Waals surface area contributed by atoms with E-state index in [1.54, 1.807) is 6.33 Å². The molecule has 0 saturated carbocycles. The van der Waals surface area contributed by atoms with Gasteiger partial charge in [0, 0.05) is 34.9 Å². The molecule has 0 atom stereocenters. The molecule has 1 aliphatic rings. The van der Waals surface area contributed by atoms with Crippen LogP contribution >= 0.6 is 0 Å². The SMILES string of the molecule is Cc1[nH]cnc1CN1CCC(c2ccc3[nH]c(-c4cn[nH]c4)c(C(C)C)c3c2)CC1. The van der Waals surface area contributed by atoms with Gasteiger partial charge in [-0.05, 0) is 68.0 Å². The number of benzene rings is 1. The van der Waals surface area contributed by atoms with Crippen LogP contribution in [-0.4, -0.2) is 43.1 Å². The first kappa shape index (κ1) is 19.1. The molecular weight excluding hydrogens is 372 g/mol. The van der Waals surface area contributed by atoms with E-state index in [1.807, 2.05) is 12.4 Å². The van der Waals surface area contributed by atoms with E-state index in [4.69, 9.17) is 0 Å². The average Bonchev–Trinajstić information content (AvgIpc) is 3.48. The van der Waals surface area contributed by atoms with Crippen LogP contribution in [0.25, 0.3) is 22.2 Å². The Balaban J connectivity index is 1.38. The van der Waals surface area contributed by atoms with Crippen LogP contribution in [0.3, 0.4) is 0 Å². The van der Waals surface area contributed by atoms with Crippen LogP contribution in [0.15, 0.2) is 36.9 Å². The minimum Gasteiger partial charge on any atom is -0.354 e. The Kier molecular flexibility index (Phi) is 4.95. The lowest BCUT2D eigenvalue weighted by Gasteiger charge is -2.32. The minimum absolute atomic E-state index is 0.442. The fourth-order valence-electron chi connectivity index (χ4n) is 4.88. The number of rotatable bonds is 5. The summed E-state index contributed by atoms with van der Waals surface area (Å²) in [5, 5.41) is 8.44. The summed E-state index contributed by atoms with van der Waals surface area (Å²) in [4.78, 5) is 13.8. The molecule has 3 aromatic heterocycles. The van der Waals surface area contributed by atoms with Crippen molar-refractivity contribution >= 4 is 10.9 Å². The highest BCUT2D eigenvalue weighted by Gasteiger charge is 2.23. The maximum atomic E-state index is 4.46. The zero-order chi connectivity index (χ0) is 20.7. The molecule has 1 fully saturated rings. The van der Waals surface area contributed by atoms with Crippen molar-refractivity contribution in [3.05, 3.63) is 59.4 Å². The number of likely N-dealkylation sites (tertiary alicyclic amines) is 1. The first-order chi connectivity index (χ1) is 14.6. The number of nitrogens with zero attached hydrogens (tertiary/aromatic N) is 3. The number of aromatic amines is 3. The van der Waals surface area contributed by atoms with E-state index in [9.17, 15) is 0 Å². The molecule has 1 saturated heterocycles. The van der Waals surface area contributed by atoms with Gasteiger partial charge in [0.2, 0.25) is 0 Å². The molecule has 0 bridgehead atoms. The summed E-state index contributed by atoms with van der Waals surface area (Å²) < 4.78 is 0. The third-order valence-electron chi connectivity index (χ3n) is 6.59. The number of aryl methyl sites for hydroxylation is 1. The predicted molar refractivity (Wildman–Crippen MR) is 121 cm³/mol. The normalized spacial score (nSPS) is 16.1. The Hall–Kier alpha value is -2.86. The fourth-order valence-corrected chi connectivity index (χ4v) is 4.88. The number of hydrogen-bond donors (Lipinski definition) is 3. The molecule has 156 valence electrons. The molecule has 30 heavy (non-hydrogen) atoms. The highest BCUT2D eigenvalue weighted by Crippen LogP contribution is 2.38. The summed E-state index contributed by atoms with van der Waals surface area (Å²) in [5.74, 6) is 1.07. The van der Waals surface area contributed by atoms with E-state index >= 15 is 0 Å². The second-order valence-corrected chi connectivity index (χ2v) is 8.89. The van der Waals surface area contributed by atoms with Gasteiger partial charge in [-0.25, -0.2) is 4.98 Å². The van der Waals surface area contributed by atoms with E-state index < -0.39 is 0 Å². The molecule has 0 radical (unpaired) electrons. The maximum absolute atomic E-state index is 4.46. The molecule has 0 spiro atoms. The summed E-state index contributed by atoms with van der Waals surface area (Å²) in [6.45, 7) is 9.84. The molecule has 0 unspecified atom stereocenters. The average molecular weight is 403 g/mol. The van der Waals surface area contributed by atoms with Crippen LogP contribution in [0.5, 0.6) is 0 Å². The standard InChI is InChI=1S/C24H30N6/c1-15(2)23-20-10-18(4-5-21(20)29-24(23)19-11-27-28-12-19)17-6-8-30(9-7-17)13-22-16(3)25-14-26-22/h4-5,10-12,14-15,17,29H,6-9,13H2,1-3H3,(H,25,26)(H,27,28). The summed E-state index contributed by atoms with van der Waals surface area (Å²) in [7, 11) is 0. The van der Waals surface area contributed by atoms with E-state index in [0.717, 1.165) is 25.2 Å². The molecule has 0 aliphatic carbocycles. The molecule has 4 heterocycles. The van der Waals surface area contributed by atoms with Crippen molar-refractivity contribution in [2.24, 2.45) is 0 Å². The van der Waals surface area contributed by atoms with E-state index in [0.29, 0.717) is 11.8 Å². The highest BCUT2D eigenvalue weighted by atomic mass is 15.1. The first-order valence-electron chi connectivity index (χ1n) is 11.0. The zero-order valence-corrected chi connectivity index (χ0v) is 18.0. The Bertz CT molecular complexity index is 1130. The largest absolute Gasteiger partial charge is 0.354 e. The van der Waals surface area contributed by atoms with Gasteiger partial charge >= 0.3 is 0 Å². The minimum atomic E-state index is 0.442. The topological polar surface area (TPSA) is 76.4 Å². The highest BCUT2D eigenvalue weighted by molar-refractivity contribution is 5.91. The second kappa shape index (κ2) is 7.76. The smallest absolute Gasteiger partial charge is 0.0925 e. The molecule has 6 heteroatoms. The van der Waals surface area contributed by atoms with E-state index in [2.05, 4.69) is 69.0 Å². The third kappa shape index (κ3) is 3.45. The van der Waals surface area contributed by atoms with Crippen LogP contribution in [0.1, 0.15) is 61.0 Å². The van der Waals surface area contributed by atoms with Crippen molar-refractivity contribution in [1.29, 1.82) is 0 Å². The van der Waals surface area contributed by atoms with Crippen LogP contribution in [0, 0.1) is 6.92 Å². The van der Waals surface area contributed by atoms with Crippen LogP contribution in [0.4, 0.5) is 0 Å². The van der Waals surface area contributed by atoms with Crippen molar-refractivity contribution < 1.29 is 0 Å². The van der Waals surface area contributed by atoms with Gasteiger partial charge in [-0.15, -0.1) is 0 Å². The Labute approximate surface area is 177 Å². The van der Waals surface area contributed by atoms with Crippen LogP contribution in [-0.2, 0) is 6.54 Å². The summed E-state index contributed by atoms with van der Waals surface area (Å²) >= 11 is 0. The summed E-state index contributed by atoms with van der Waals surface area (Å²) in [5.41, 5.74) is 8.75. The van der Waals surface area contributed by atoms with E-state index in [1.165, 1.54) is 52.0 Å². The van der Waals surface area contributed by atoms with Gasteiger partial charge in [0.15, 0.2) is 0 Å². The molecule has 1 aliphatic heterocycles. The molecule has 1 aromatic carbocycles. The van der Waals surface area contributed by atoms with Crippen molar-refractivity contribution in [2.45, 2.75) is 52.0 Å². The number of nitrogens with one attached hydrogen (secondary N) is 3. The van der Waals surface area contributed by atoms with Crippen LogP contribution in [0.2, 0.25) is 0 Å². The van der Waals surface area contributed by atoms with Gasteiger partial charge in [0.1, 0.15) is 0 Å². The van der Waals surface area contributed by atoms with Crippen molar-refractivity contribution in [3.8, 4) is 11.3 Å². The summed E-state index contributed by atoms with van der Waals surface area (Å²) in [6.07, 6.45) is 8.06. The number of imidazole rings is 1. The zero-order valence-electron chi connectivity index (χ0n) is 18.0. The van der Waals surface area contributed by atoms with Gasteiger partial charge in [-0.3, -0.25) is 10.00 Å². The number of fused-ring (bicyclic) bond motifs is 1. The maximum Gasteiger partial charge on any atom is 0.0925 e. The number of hydrogen-bond acceptors (Lipinski definition) is 3. The number of H-pyrrole nitrogens is 3. The molecule has 6 nitrogen and oxygen atoms in total. The third-order valence-corrected chi connectivity index (χ3v) is 6.59. The molecule has 3 N–H and O–H groups in total. The Morgan fingerprint density at radius 2 is 2.03 bits per heavy atom. The van der Waals surface area contributed by atoms with Crippen LogP contribution < -0.4 is 0 Å². The van der Waals surface area contributed by atoms with Crippen molar-refractivity contribution in [2.75, 3.05) is 13.1 Å². The lowest BCUT2D eigenvalue weighted by atomic mass is 9.87. The summed E-state index contributed by atoms with van der Waals surface area (Å²) in [6, 6.07) is 7.02. The number of aromatic nitrogens is 5. The molecular formula is C24H30N6. The molecule has 5 rings (SSSR count). The monoisotopic (exact) mass is 402 g/mol. The first-order valence-corrected chi connectivity index (χ1v) is 11.0. The predicted octanol–water partition coefficient (Wildman–Crippen LogP) is 5.09. The Morgan fingerprint density at radius 3 is 2.70 bits per heavy atom. The van der Waals surface area contributed by atoms with Gasteiger partial charge in [-0.1, -0.05) is 19.9 Å². The number of piperidine rings is 1. The van der Waals surface area contributed by atoms with Crippen molar-refractivity contribution in [1.82, 2.24) is 30.0 Å². The second-order valence-electron chi connectivity index (χ2n) is 8.89. The molecule has 0 amide bonds. The molecule has 4 aromatic rings. The quantitative estimate of drug-likeness (QED) is 0.435. The lowest BCUT2D eigenvalue weighted by molar-refractivity contribution is 0.202. The van der Waals surface area contributed by atoms with Gasteiger partial charge < -0.3 is 9.97 Å². The lowest BCUT2D eigenvalue weighted by Crippen LogP contribution is -2.32. The van der Waals surface area contributed by atoms with Gasteiger partial charge in [0.25, 0.3) is 0 Å². The fraction of sp³-hybridized carbons (Fsp3) is 0.417. The Morgan fingerprint density at radius 1 is 1.20 bits per heavy atom. The van der Waals surface area contributed by atoms with Crippen molar-refractivity contribution in [3.63, 3.8) is 0 Å².